The lowest BCUT2D eigenvalue weighted by molar-refractivity contribution is -0.125. The van der Waals surface area contributed by atoms with Gasteiger partial charge in [0.1, 0.15) is 0 Å². The van der Waals surface area contributed by atoms with E-state index in [-0.39, 0.29) is 30.1 Å². The molecule has 32 heavy (non-hydrogen) atoms. The molecule has 0 saturated carbocycles. The maximum atomic E-state index is 12.7. The summed E-state index contributed by atoms with van der Waals surface area (Å²) in [5.41, 5.74) is 0.728. The van der Waals surface area contributed by atoms with E-state index in [4.69, 9.17) is 9.47 Å². The van der Waals surface area contributed by atoms with Crippen molar-refractivity contribution in [2.75, 3.05) is 46.9 Å². The van der Waals surface area contributed by atoms with E-state index < -0.39 is 0 Å². The van der Waals surface area contributed by atoms with Gasteiger partial charge in [-0.25, -0.2) is 0 Å². The minimum Gasteiger partial charge on any atom is -0.493 e. The second kappa shape index (κ2) is 10.9. The maximum absolute atomic E-state index is 12.7. The van der Waals surface area contributed by atoms with Crippen LogP contribution in [0.25, 0.3) is 6.08 Å². The standard InChI is InChI=1S/C23H31N3O5S/c1-15-9-16(2)13-25(12-15)14-21(27)24-7-8-26-22(28)20(32-23(26)29)11-17-5-6-18(30-3)19(10-17)31-4/h5-6,10-11,15-16H,7-9,12-14H2,1-4H3,(H,24,27). The monoisotopic (exact) mass is 461 g/mol. The van der Waals surface area contributed by atoms with E-state index in [0.29, 0.717) is 34.8 Å². The van der Waals surface area contributed by atoms with E-state index in [2.05, 4.69) is 24.1 Å². The largest absolute Gasteiger partial charge is 0.493 e. The molecule has 2 fully saturated rings. The van der Waals surface area contributed by atoms with E-state index in [0.717, 1.165) is 30.4 Å². The lowest BCUT2D eigenvalue weighted by Gasteiger charge is -2.34. The van der Waals surface area contributed by atoms with Gasteiger partial charge >= 0.3 is 0 Å². The maximum Gasteiger partial charge on any atom is 0.293 e. The summed E-state index contributed by atoms with van der Waals surface area (Å²) in [5, 5.41) is 2.50. The molecule has 2 heterocycles. The molecule has 2 atom stereocenters. The molecule has 0 spiro atoms. The van der Waals surface area contributed by atoms with Gasteiger partial charge in [0.2, 0.25) is 5.91 Å². The average molecular weight is 462 g/mol. The van der Waals surface area contributed by atoms with Gasteiger partial charge in [0.25, 0.3) is 11.1 Å². The molecule has 9 heteroatoms. The minimum atomic E-state index is -0.359. The summed E-state index contributed by atoms with van der Waals surface area (Å²) in [6.45, 7) is 6.97. The Morgan fingerprint density at radius 3 is 2.50 bits per heavy atom. The second-order valence-electron chi connectivity index (χ2n) is 8.44. The number of thioether (sulfide) groups is 1. The van der Waals surface area contributed by atoms with Crippen LogP contribution in [0.2, 0.25) is 0 Å². The highest BCUT2D eigenvalue weighted by atomic mass is 32.2. The van der Waals surface area contributed by atoms with Crippen LogP contribution in [-0.2, 0) is 9.59 Å². The van der Waals surface area contributed by atoms with Gasteiger partial charge in [-0.2, -0.15) is 0 Å². The van der Waals surface area contributed by atoms with Crippen molar-refractivity contribution in [3.8, 4) is 11.5 Å². The van der Waals surface area contributed by atoms with Crippen molar-refractivity contribution in [3.05, 3.63) is 28.7 Å². The van der Waals surface area contributed by atoms with E-state index in [1.54, 1.807) is 31.4 Å². The summed E-state index contributed by atoms with van der Waals surface area (Å²) in [7, 11) is 3.09. The molecule has 1 N–H and O–H groups in total. The Hall–Kier alpha value is -2.52. The van der Waals surface area contributed by atoms with Crippen LogP contribution in [0.3, 0.4) is 0 Å². The zero-order valence-electron chi connectivity index (χ0n) is 19.1. The molecular weight excluding hydrogens is 430 g/mol. The van der Waals surface area contributed by atoms with Gasteiger partial charge in [-0.05, 0) is 53.8 Å². The Kier molecular flexibility index (Phi) is 8.20. The third-order valence-corrected chi connectivity index (χ3v) is 6.46. The summed E-state index contributed by atoms with van der Waals surface area (Å²) < 4.78 is 10.5. The SMILES string of the molecule is COc1ccc(C=C2SC(=O)N(CCNC(=O)CN3CC(C)CC(C)C3)C2=O)cc1OC. The normalized spacial score (nSPS) is 23.0. The molecule has 0 bridgehead atoms. The lowest BCUT2D eigenvalue weighted by atomic mass is 9.92. The molecule has 3 amide bonds. The fraction of sp³-hybridized carbons (Fsp3) is 0.522. The molecule has 0 radical (unpaired) electrons. The smallest absolute Gasteiger partial charge is 0.293 e. The van der Waals surface area contributed by atoms with Crippen molar-refractivity contribution in [2.45, 2.75) is 20.3 Å². The predicted octanol–water partition coefficient (Wildman–Crippen LogP) is 2.83. The van der Waals surface area contributed by atoms with Crippen molar-refractivity contribution in [3.63, 3.8) is 0 Å². The molecule has 3 rings (SSSR count). The van der Waals surface area contributed by atoms with Crippen molar-refractivity contribution in [1.82, 2.24) is 15.1 Å². The van der Waals surface area contributed by atoms with Crippen LogP contribution < -0.4 is 14.8 Å². The van der Waals surface area contributed by atoms with Gasteiger partial charge in [-0.15, -0.1) is 0 Å². The third-order valence-electron chi connectivity index (χ3n) is 5.55. The number of nitrogens with zero attached hydrogens (tertiary/aromatic N) is 2. The summed E-state index contributed by atoms with van der Waals surface area (Å²) in [6, 6.07) is 5.28. The number of likely N-dealkylation sites (tertiary alicyclic amines) is 1. The van der Waals surface area contributed by atoms with E-state index in [9.17, 15) is 14.4 Å². The fourth-order valence-electron chi connectivity index (χ4n) is 4.27. The molecule has 2 aliphatic heterocycles. The van der Waals surface area contributed by atoms with Crippen molar-refractivity contribution >= 4 is 34.9 Å². The number of benzene rings is 1. The van der Waals surface area contributed by atoms with Crippen LogP contribution in [0, 0.1) is 11.8 Å². The summed E-state index contributed by atoms with van der Waals surface area (Å²) in [5.74, 6) is 1.85. The predicted molar refractivity (Wildman–Crippen MR) is 125 cm³/mol. The molecule has 174 valence electrons. The van der Waals surface area contributed by atoms with E-state index >= 15 is 0 Å². The molecule has 1 aromatic rings. The van der Waals surface area contributed by atoms with Crippen molar-refractivity contribution in [2.24, 2.45) is 11.8 Å². The van der Waals surface area contributed by atoms with Crippen LogP contribution in [0.4, 0.5) is 4.79 Å². The minimum absolute atomic E-state index is 0.0841. The highest BCUT2D eigenvalue weighted by Crippen LogP contribution is 2.34. The van der Waals surface area contributed by atoms with Crippen molar-refractivity contribution in [1.29, 1.82) is 0 Å². The van der Waals surface area contributed by atoms with E-state index in [1.807, 2.05) is 0 Å². The summed E-state index contributed by atoms with van der Waals surface area (Å²) >= 11 is 0.893. The first-order chi connectivity index (χ1) is 15.3. The van der Waals surface area contributed by atoms with Crippen LogP contribution >= 0.6 is 11.8 Å². The quantitative estimate of drug-likeness (QED) is 0.596. The Morgan fingerprint density at radius 2 is 1.84 bits per heavy atom. The summed E-state index contributed by atoms with van der Waals surface area (Å²) in [4.78, 5) is 41.0. The van der Waals surface area contributed by atoms with Crippen LogP contribution in [0.1, 0.15) is 25.8 Å². The number of hydrogen-bond donors (Lipinski definition) is 1. The Labute approximate surface area is 193 Å². The number of nitrogens with one attached hydrogen (secondary N) is 1. The zero-order valence-corrected chi connectivity index (χ0v) is 19.9. The fourth-order valence-corrected chi connectivity index (χ4v) is 5.14. The number of carbonyl (C=O) groups excluding carboxylic acids is 3. The van der Waals surface area contributed by atoms with Crippen LogP contribution in [0.5, 0.6) is 11.5 Å². The number of carbonyl (C=O) groups is 3. The molecule has 0 aromatic heterocycles. The molecule has 2 unspecified atom stereocenters. The highest BCUT2D eigenvalue weighted by molar-refractivity contribution is 8.18. The molecule has 1 aromatic carbocycles. The molecule has 2 aliphatic rings. The third kappa shape index (κ3) is 6.04. The Morgan fingerprint density at radius 1 is 1.16 bits per heavy atom. The lowest BCUT2D eigenvalue weighted by Crippen LogP contribution is -2.46. The number of amides is 3. The average Bonchev–Trinajstić information content (AvgIpc) is 3.00. The van der Waals surface area contributed by atoms with Gasteiger partial charge in [0.15, 0.2) is 11.5 Å². The summed E-state index contributed by atoms with van der Waals surface area (Å²) in [6.07, 6.45) is 2.85. The molecule has 0 aliphatic carbocycles. The number of piperidine rings is 1. The first-order valence-corrected chi connectivity index (χ1v) is 11.6. The number of ether oxygens (including phenoxy) is 2. The van der Waals surface area contributed by atoms with Crippen LogP contribution in [-0.4, -0.2) is 73.8 Å². The molecule has 8 nitrogen and oxygen atoms in total. The number of rotatable bonds is 8. The molecule has 2 saturated heterocycles. The first-order valence-electron chi connectivity index (χ1n) is 10.8. The van der Waals surface area contributed by atoms with Gasteiger partial charge < -0.3 is 14.8 Å². The van der Waals surface area contributed by atoms with E-state index in [1.165, 1.54) is 18.4 Å². The van der Waals surface area contributed by atoms with Crippen LogP contribution in [0.15, 0.2) is 23.1 Å². The number of hydrogen-bond acceptors (Lipinski definition) is 7. The number of methoxy groups -OCH3 is 2. The topological polar surface area (TPSA) is 88.2 Å². The Balaban J connectivity index is 1.53. The van der Waals surface area contributed by atoms with Gasteiger partial charge in [-0.1, -0.05) is 19.9 Å². The van der Waals surface area contributed by atoms with Crippen molar-refractivity contribution < 1.29 is 23.9 Å². The van der Waals surface area contributed by atoms with Gasteiger partial charge in [-0.3, -0.25) is 24.2 Å². The number of imide groups is 1. The zero-order chi connectivity index (χ0) is 23.3. The van der Waals surface area contributed by atoms with Gasteiger partial charge in [0.05, 0.1) is 25.7 Å². The highest BCUT2D eigenvalue weighted by Gasteiger charge is 2.34. The van der Waals surface area contributed by atoms with Gasteiger partial charge in [0, 0.05) is 26.2 Å². The second-order valence-corrected chi connectivity index (χ2v) is 9.43. The molecular formula is C23H31N3O5S. The first kappa shape index (κ1) is 24.1. The Bertz CT molecular complexity index is 894.